The van der Waals surface area contributed by atoms with Crippen LogP contribution in [0.3, 0.4) is 0 Å². The van der Waals surface area contributed by atoms with E-state index in [1.807, 2.05) is 12.1 Å². The number of nitrogens with zero attached hydrogens (tertiary/aromatic N) is 1. The summed E-state index contributed by atoms with van der Waals surface area (Å²) in [5.74, 6) is -0.417. The van der Waals surface area contributed by atoms with E-state index in [0.717, 1.165) is 12.8 Å². The largest absolute Gasteiger partial charge is 0.349 e. The van der Waals surface area contributed by atoms with Crippen LogP contribution in [0.15, 0.2) is 53.4 Å². The van der Waals surface area contributed by atoms with E-state index in [4.69, 9.17) is 11.6 Å². The molecule has 1 heterocycles. The number of hydrogen-bond donors (Lipinski definition) is 1. The third-order valence-corrected chi connectivity index (χ3v) is 8.02. The van der Waals surface area contributed by atoms with E-state index in [1.54, 1.807) is 18.2 Å². The lowest BCUT2D eigenvalue weighted by atomic mass is 9.98. The highest BCUT2D eigenvalue weighted by atomic mass is 35.5. The monoisotopic (exact) mass is 418 g/mol. The Bertz CT molecular complexity index is 993. The zero-order chi connectivity index (χ0) is 19.7. The number of aryl methyl sites for hydroxylation is 1. The van der Waals surface area contributed by atoms with E-state index in [1.165, 1.54) is 21.5 Å². The molecule has 1 aliphatic heterocycles. The first-order valence-electron chi connectivity index (χ1n) is 9.59. The fraction of sp³-hybridized carbons (Fsp3) is 0.381. The molecule has 7 heteroatoms. The minimum atomic E-state index is -3.71. The van der Waals surface area contributed by atoms with Crippen LogP contribution in [0.2, 0.25) is 5.02 Å². The highest BCUT2D eigenvalue weighted by Gasteiger charge is 2.35. The molecule has 1 fully saturated rings. The number of carbonyl (C=O) groups excluding carboxylic acids is 1. The number of sulfonamides is 1. The van der Waals surface area contributed by atoms with E-state index in [0.29, 0.717) is 19.4 Å². The molecule has 4 rings (SSSR count). The van der Waals surface area contributed by atoms with Crippen molar-refractivity contribution in [1.29, 1.82) is 0 Å². The van der Waals surface area contributed by atoms with Gasteiger partial charge in [-0.15, -0.1) is 0 Å². The number of amides is 1. The number of fused-ring (bicyclic) bond motifs is 1. The Labute approximate surface area is 170 Å². The van der Waals surface area contributed by atoms with Gasteiger partial charge in [0, 0.05) is 13.1 Å². The van der Waals surface area contributed by atoms with Gasteiger partial charge in [-0.1, -0.05) is 48.0 Å². The quantitative estimate of drug-likeness (QED) is 0.825. The third kappa shape index (κ3) is 3.69. The molecule has 2 aromatic carbocycles. The van der Waals surface area contributed by atoms with Crippen molar-refractivity contribution < 1.29 is 13.2 Å². The van der Waals surface area contributed by atoms with Gasteiger partial charge >= 0.3 is 0 Å². The van der Waals surface area contributed by atoms with Crippen molar-refractivity contribution in [2.45, 2.75) is 36.6 Å². The normalized spacial score (nSPS) is 22.6. The molecule has 1 N–H and O–H groups in total. The van der Waals surface area contributed by atoms with E-state index in [-0.39, 0.29) is 34.3 Å². The van der Waals surface area contributed by atoms with Gasteiger partial charge in [-0.3, -0.25) is 4.79 Å². The smallest absolute Gasteiger partial charge is 0.244 e. The van der Waals surface area contributed by atoms with Gasteiger partial charge in [0.25, 0.3) is 0 Å². The number of benzene rings is 2. The number of nitrogens with one attached hydrogen (secondary N) is 1. The maximum Gasteiger partial charge on any atom is 0.244 e. The van der Waals surface area contributed by atoms with E-state index < -0.39 is 10.0 Å². The molecule has 2 aromatic rings. The first-order valence-corrected chi connectivity index (χ1v) is 11.4. The third-order valence-electron chi connectivity index (χ3n) is 5.66. The molecule has 1 saturated heterocycles. The minimum Gasteiger partial charge on any atom is -0.349 e. The average Bonchev–Trinajstić information content (AvgIpc) is 3.11. The second-order valence-corrected chi connectivity index (χ2v) is 9.74. The second-order valence-electron chi connectivity index (χ2n) is 7.43. The number of hydrogen-bond acceptors (Lipinski definition) is 3. The first-order chi connectivity index (χ1) is 13.5. The summed E-state index contributed by atoms with van der Waals surface area (Å²) in [6, 6.07) is 14.6. The van der Waals surface area contributed by atoms with Crippen LogP contribution >= 0.6 is 11.6 Å². The Morgan fingerprint density at radius 1 is 1.07 bits per heavy atom. The average molecular weight is 419 g/mol. The zero-order valence-electron chi connectivity index (χ0n) is 15.5. The Hall–Kier alpha value is -1.89. The molecule has 0 bridgehead atoms. The fourth-order valence-electron chi connectivity index (χ4n) is 4.16. The van der Waals surface area contributed by atoms with Crippen molar-refractivity contribution in [2.24, 2.45) is 5.92 Å². The maximum atomic E-state index is 13.0. The molecule has 28 heavy (non-hydrogen) atoms. The Kier molecular flexibility index (Phi) is 5.45. The summed E-state index contributed by atoms with van der Waals surface area (Å²) in [7, 11) is -3.71. The summed E-state index contributed by atoms with van der Waals surface area (Å²) < 4.78 is 27.4. The number of halogens is 1. The summed E-state index contributed by atoms with van der Waals surface area (Å²) in [6.07, 6.45) is 3.19. The molecule has 5 nitrogen and oxygen atoms in total. The van der Waals surface area contributed by atoms with Gasteiger partial charge in [0.05, 0.1) is 17.0 Å². The molecule has 1 aliphatic carbocycles. The van der Waals surface area contributed by atoms with E-state index in [2.05, 4.69) is 17.4 Å². The standard InChI is InChI=1S/C21H23ClN2O3S/c22-18-9-3-4-10-20(18)28(26,27)24-13-5-7-16(14-24)21(25)23-19-12-11-15-6-1-2-8-17(15)19/h1-4,6,8-10,16,19H,5,7,11-14H2,(H,23,25). The van der Waals surface area contributed by atoms with Crippen LogP contribution < -0.4 is 5.32 Å². The predicted octanol–water partition coefficient (Wildman–Crippen LogP) is 3.54. The zero-order valence-corrected chi connectivity index (χ0v) is 17.0. The van der Waals surface area contributed by atoms with E-state index >= 15 is 0 Å². The van der Waals surface area contributed by atoms with Gasteiger partial charge in [-0.25, -0.2) is 8.42 Å². The molecule has 0 radical (unpaired) electrons. The van der Waals surface area contributed by atoms with Gasteiger partial charge in [0.1, 0.15) is 4.90 Å². The fourth-order valence-corrected chi connectivity index (χ4v) is 6.18. The van der Waals surface area contributed by atoms with Crippen LogP contribution in [0, 0.1) is 5.92 Å². The number of rotatable bonds is 4. The summed E-state index contributed by atoms with van der Waals surface area (Å²) in [4.78, 5) is 13.0. The molecule has 0 saturated carbocycles. The van der Waals surface area contributed by atoms with E-state index in [9.17, 15) is 13.2 Å². The lowest BCUT2D eigenvalue weighted by Gasteiger charge is -2.32. The van der Waals surface area contributed by atoms with Gasteiger partial charge < -0.3 is 5.32 Å². The molecule has 0 spiro atoms. The Morgan fingerprint density at radius 3 is 2.64 bits per heavy atom. The molecule has 0 aromatic heterocycles. The molecule has 2 unspecified atom stereocenters. The molecule has 2 aliphatic rings. The van der Waals surface area contributed by atoms with Crippen LogP contribution in [0.25, 0.3) is 0 Å². The van der Waals surface area contributed by atoms with Crippen LogP contribution in [-0.4, -0.2) is 31.7 Å². The summed E-state index contributed by atoms with van der Waals surface area (Å²) >= 11 is 6.10. The molecular formula is C21H23ClN2O3S. The van der Waals surface area contributed by atoms with Crippen LogP contribution in [0.4, 0.5) is 0 Å². The van der Waals surface area contributed by atoms with Gasteiger partial charge in [-0.2, -0.15) is 4.31 Å². The van der Waals surface area contributed by atoms with Crippen molar-refractivity contribution in [3.8, 4) is 0 Å². The predicted molar refractivity (Wildman–Crippen MR) is 109 cm³/mol. The summed E-state index contributed by atoms with van der Waals surface area (Å²) in [5, 5.41) is 3.35. The maximum absolute atomic E-state index is 13.0. The van der Waals surface area contributed by atoms with Crippen molar-refractivity contribution in [3.05, 3.63) is 64.7 Å². The van der Waals surface area contributed by atoms with Crippen LogP contribution in [0.1, 0.15) is 36.4 Å². The molecule has 2 atom stereocenters. The summed E-state index contributed by atoms with van der Waals surface area (Å²) in [6.45, 7) is 0.595. The Balaban J connectivity index is 1.47. The highest BCUT2D eigenvalue weighted by Crippen LogP contribution is 2.32. The lowest BCUT2D eigenvalue weighted by molar-refractivity contribution is -0.126. The van der Waals surface area contributed by atoms with Gasteiger partial charge in [-0.05, 0) is 48.9 Å². The lowest BCUT2D eigenvalue weighted by Crippen LogP contribution is -2.45. The number of piperidine rings is 1. The Morgan fingerprint density at radius 2 is 1.82 bits per heavy atom. The van der Waals surface area contributed by atoms with Crippen molar-refractivity contribution in [1.82, 2.24) is 9.62 Å². The summed E-state index contributed by atoms with van der Waals surface area (Å²) in [5.41, 5.74) is 2.45. The minimum absolute atomic E-state index is 0.0132. The SMILES string of the molecule is O=C(NC1CCc2ccccc21)C1CCCN(S(=O)(=O)c2ccccc2Cl)C1. The molecular weight excluding hydrogens is 396 g/mol. The topological polar surface area (TPSA) is 66.5 Å². The van der Waals surface area contributed by atoms with Crippen molar-refractivity contribution >= 4 is 27.5 Å². The van der Waals surface area contributed by atoms with Gasteiger partial charge in [0.2, 0.25) is 15.9 Å². The van der Waals surface area contributed by atoms with Crippen molar-refractivity contribution in [2.75, 3.05) is 13.1 Å². The molecule has 148 valence electrons. The van der Waals surface area contributed by atoms with Crippen LogP contribution in [-0.2, 0) is 21.2 Å². The van der Waals surface area contributed by atoms with Crippen molar-refractivity contribution in [3.63, 3.8) is 0 Å². The second kappa shape index (κ2) is 7.85. The first kappa shape index (κ1) is 19.4. The number of carbonyl (C=O) groups is 1. The van der Waals surface area contributed by atoms with Crippen LogP contribution in [0.5, 0.6) is 0 Å². The molecule has 1 amide bonds. The van der Waals surface area contributed by atoms with Gasteiger partial charge in [0.15, 0.2) is 0 Å². The highest BCUT2D eigenvalue weighted by molar-refractivity contribution is 7.89.